The van der Waals surface area contributed by atoms with Gasteiger partial charge in [0, 0.05) is 27.5 Å². The van der Waals surface area contributed by atoms with E-state index in [1.165, 1.54) is 0 Å². The first-order chi connectivity index (χ1) is 17.9. The molecule has 1 atom stereocenters. The molecule has 2 heterocycles. The fourth-order valence-corrected chi connectivity index (χ4v) is 5.96. The van der Waals surface area contributed by atoms with Crippen molar-refractivity contribution in [2.75, 3.05) is 4.72 Å². The van der Waals surface area contributed by atoms with Crippen LogP contribution in [-0.2, 0) is 10.0 Å². The van der Waals surface area contributed by atoms with Crippen LogP contribution in [0.15, 0.2) is 113 Å². The molecule has 1 unspecified atom stereocenters. The molecule has 0 amide bonds. The molecule has 0 saturated heterocycles. The summed E-state index contributed by atoms with van der Waals surface area (Å²) in [5.41, 5.74) is 4.86. The summed E-state index contributed by atoms with van der Waals surface area (Å²) < 4.78 is 36.4. The highest BCUT2D eigenvalue weighted by Crippen LogP contribution is 2.44. The Bertz CT molecular complexity index is 1840. The Morgan fingerprint density at radius 1 is 0.838 bits per heavy atom. The topological polar surface area (TPSA) is 75.1 Å². The Hall–Kier alpha value is -4.00. The number of hydrogen-bond acceptors (Lipinski definition) is 3. The van der Waals surface area contributed by atoms with E-state index in [0.29, 0.717) is 27.4 Å². The van der Waals surface area contributed by atoms with Crippen LogP contribution in [0.4, 0.5) is 5.69 Å². The van der Waals surface area contributed by atoms with Gasteiger partial charge in [0.1, 0.15) is 11.3 Å². The van der Waals surface area contributed by atoms with Gasteiger partial charge in [-0.2, -0.15) is 0 Å². The van der Waals surface area contributed by atoms with Crippen molar-refractivity contribution in [2.45, 2.75) is 17.7 Å². The number of aromatic nitrogens is 1. The summed E-state index contributed by atoms with van der Waals surface area (Å²) in [5.74, 6) is 0.0977. The van der Waals surface area contributed by atoms with E-state index in [0.717, 1.165) is 27.6 Å². The molecule has 0 bridgehead atoms. The minimum Gasteiger partial charge on any atom is -0.458 e. The zero-order valence-electron chi connectivity index (χ0n) is 19.9. The van der Waals surface area contributed by atoms with Crippen molar-refractivity contribution in [3.8, 4) is 0 Å². The lowest BCUT2D eigenvalue weighted by Crippen LogP contribution is -2.15. The minimum absolute atomic E-state index is 0.185. The quantitative estimate of drug-likeness (QED) is 0.232. The lowest BCUT2D eigenvalue weighted by atomic mass is 9.88. The smallest absolute Gasteiger partial charge is 0.262 e. The molecule has 4 aromatic carbocycles. The third-order valence-corrected chi connectivity index (χ3v) is 8.21. The van der Waals surface area contributed by atoms with Gasteiger partial charge in [0.25, 0.3) is 10.0 Å². The first-order valence-corrected chi connectivity index (χ1v) is 13.7. The van der Waals surface area contributed by atoms with Crippen molar-refractivity contribution in [3.05, 3.63) is 131 Å². The molecule has 6 rings (SSSR count). The van der Waals surface area contributed by atoms with Crippen LogP contribution >= 0.6 is 11.6 Å². The van der Waals surface area contributed by atoms with Crippen LogP contribution < -0.4 is 4.72 Å². The van der Waals surface area contributed by atoms with E-state index < -0.39 is 15.9 Å². The van der Waals surface area contributed by atoms with E-state index in [1.807, 2.05) is 85.9 Å². The third-order valence-electron chi connectivity index (χ3n) is 6.59. The molecule has 7 heteroatoms. The molecule has 184 valence electrons. The highest BCUT2D eigenvalue weighted by atomic mass is 35.5. The largest absolute Gasteiger partial charge is 0.458 e. The molecule has 0 fully saturated rings. The van der Waals surface area contributed by atoms with Gasteiger partial charge in [0.2, 0.25) is 0 Å². The summed E-state index contributed by atoms with van der Waals surface area (Å²) in [6.07, 6.45) is 1.95. The summed E-state index contributed by atoms with van der Waals surface area (Å²) in [7, 11) is -3.89. The van der Waals surface area contributed by atoms with Crippen LogP contribution in [0, 0.1) is 6.92 Å². The number of H-pyrrole nitrogens is 1. The molecule has 0 aliphatic carbocycles. The number of fused-ring (bicyclic) bond motifs is 2. The molecule has 2 N–H and O–H groups in total. The van der Waals surface area contributed by atoms with Crippen LogP contribution in [-0.4, -0.2) is 13.4 Å². The standard InChI is InChI=1S/C30H23ClN2O3S/c1-19-10-16-22(17-11-19)37(34,35)33-29-24-7-3-5-9-27(24)36-30(29)28(20-12-14-21(31)15-13-20)25-18-32-26-8-4-2-6-23(25)26/h2-18,28,32-33H,1H3. The molecule has 37 heavy (non-hydrogen) atoms. The van der Waals surface area contributed by atoms with Crippen LogP contribution in [0.25, 0.3) is 21.9 Å². The number of anilines is 1. The predicted molar refractivity (Wildman–Crippen MR) is 149 cm³/mol. The summed E-state index contributed by atoms with van der Waals surface area (Å²) in [6, 6.07) is 29.8. The van der Waals surface area contributed by atoms with Crippen LogP contribution in [0.5, 0.6) is 0 Å². The lowest BCUT2D eigenvalue weighted by molar-refractivity contribution is 0.544. The van der Waals surface area contributed by atoms with Crippen molar-refractivity contribution >= 4 is 49.2 Å². The molecule has 0 saturated carbocycles. The minimum atomic E-state index is -3.89. The molecule has 0 spiro atoms. The second-order valence-electron chi connectivity index (χ2n) is 9.03. The number of aromatic amines is 1. The monoisotopic (exact) mass is 526 g/mol. The fourth-order valence-electron chi connectivity index (χ4n) is 4.74. The van der Waals surface area contributed by atoms with Crippen molar-refractivity contribution < 1.29 is 12.8 Å². The van der Waals surface area contributed by atoms with Crippen LogP contribution in [0.2, 0.25) is 5.02 Å². The molecular weight excluding hydrogens is 504 g/mol. The first-order valence-electron chi connectivity index (χ1n) is 11.8. The van der Waals surface area contributed by atoms with E-state index in [-0.39, 0.29) is 4.90 Å². The van der Waals surface area contributed by atoms with Crippen molar-refractivity contribution in [1.82, 2.24) is 4.98 Å². The number of furan rings is 1. The Kier molecular flexibility index (Phi) is 5.78. The van der Waals surface area contributed by atoms with E-state index in [2.05, 4.69) is 9.71 Å². The number of aryl methyl sites for hydroxylation is 1. The van der Waals surface area contributed by atoms with Gasteiger partial charge in [-0.1, -0.05) is 71.8 Å². The van der Waals surface area contributed by atoms with Crippen LogP contribution in [0.1, 0.15) is 28.4 Å². The zero-order valence-corrected chi connectivity index (χ0v) is 21.5. The van der Waals surface area contributed by atoms with Gasteiger partial charge in [-0.15, -0.1) is 0 Å². The Labute approximate surface area is 219 Å². The van der Waals surface area contributed by atoms with Gasteiger partial charge in [-0.25, -0.2) is 8.42 Å². The maximum atomic E-state index is 13.5. The second kappa shape index (κ2) is 9.14. The van der Waals surface area contributed by atoms with Gasteiger partial charge in [-0.05, 0) is 60.5 Å². The number of nitrogens with one attached hydrogen (secondary N) is 2. The molecular formula is C30H23ClN2O3S. The van der Waals surface area contributed by atoms with Gasteiger partial charge < -0.3 is 9.40 Å². The van der Waals surface area contributed by atoms with Crippen LogP contribution in [0.3, 0.4) is 0 Å². The number of sulfonamides is 1. The third kappa shape index (κ3) is 4.28. The number of rotatable bonds is 6. The Morgan fingerprint density at radius 2 is 1.51 bits per heavy atom. The second-order valence-corrected chi connectivity index (χ2v) is 11.1. The molecule has 6 aromatic rings. The predicted octanol–water partition coefficient (Wildman–Crippen LogP) is 7.86. The van der Waals surface area contributed by atoms with E-state index in [9.17, 15) is 8.42 Å². The van der Waals surface area contributed by atoms with Gasteiger partial charge in [-0.3, -0.25) is 4.72 Å². The zero-order chi connectivity index (χ0) is 25.6. The SMILES string of the molecule is Cc1ccc(S(=O)(=O)Nc2c(C(c3ccc(Cl)cc3)c3c[nH]c4ccccc34)oc3ccccc23)cc1. The Balaban J connectivity index is 1.59. The number of para-hydroxylation sites is 2. The summed E-state index contributed by atoms with van der Waals surface area (Å²) in [4.78, 5) is 3.53. The summed E-state index contributed by atoms with van der Waals surface area (Å²) in [5, 5.41) is 2.33. The Morgan fingerprint density at radius 3 is 2.27 bits per heavy atom. The summed E-state index contributed by atoms with van der Waals surface area (Å²) >= 11 is 6.22. The highest BCUT2D eigenvalue weighted by Gasteiger charge is 2.30. The van der Waals surface area contributed by atoms with E-state index in [1.54, 1.807) is 24.3 Å². The molecule has 0 radical (unpaired) electrons. The van der Waals surface area contributed by atoms with Gasteiger partial charge >= 0.3 is 0 Å². The maximum absolute atomic E-state index is 13.5. The van der Waals surface area contributed by atoms with Gasteiger partial charge in [0.15, 0.2) is 0 Å². The average molecular weight is 527 g/mol. The molecule has 0 aliphatic heterocycles. The van der Waals surface area contributed by atoms with Crippen molar-refractivity contribution in [2.24, 2.45) is 0 Å². The maximum Gasteiger partial charge on any atom is 0.262 e. The van der Waals surface area contributed by atoms with E-state index >= 15 is 0 Å². The molecule has 5 nitrogen and oxygen atoms in total. The van der Waals surface area contributed by atoms with E-state index in [4.69, 9.17) is 16.0 Å². The normalized spacial score (nSPS) is 12.7. The molecule has 0 aliphatic rings. The summed E-state index contributed by atoms with van der Waals surface area (Å²) in [6.45, 7) is 1.92. The number of benzene rings is 4. The average Bonchev–Trinajstić information content (AvgIpc) is 3.48. The molecule has 2 aromatic heterocycles. The van der Waals surface area contributed by atoms with Gasteiger partial charge in [0.05, 0.1) is 16.5 Å². The lowest BCUT2D eigenvalue weighted by Gasteiger charge is -2.18. The van der Waals surface area contributed by atoms with Crippen molar-refractivity contribution in [3.63, 3.8) is 0 Å². The van der Waals surface area contributed by atoms with Crippen molar-refractivity contribution in [1.29, 1.82) is 0 Å². The highest BCUT2D eigenvalue weighted by molar-refractivity contribution is 7.92. The fraction of sp³-hybridized carbons (Fsp3) is 0.0667. The number of halogens is 1. The number of hydrogen-bond donors (Lipinski definition) is 2. The first kappa shape index (κ1) is 23.4.